The summed E-state index contributed by atoms with van der Waals surface area (Å²) in [6.45, 7) is 0. The van der Waals surface area contributed by atoms with Crippen molar-refractivity contribution in [3.05, 3.63) is 102 Å². The lowest BCUT2D eigenvalue weighted by molar-refractivity contribution is 0.459. The molecule has 4 heteroatoms. The molecule has 27 heavy (non-hydrogen) atoms. The Bertz CT molecular complexity index is 1200. The molecule has 128 valence electrons. The highest BCUT2D eigenvalue weighted by Gasteiger charge is 2.33. The van der Waals surface area contributed by atoms with Crippen LogP contribution in [0.3, 0.4) is 0 Å². The van der Waals surface area contributed by atoms with Crippen molar-refractivity contribution in [3.8, 4) is 11.8 Å². The molecule has 1 aliphatic rings. The number of aromatic nitrogens is 2. The Morgan fingerprint density at radius 1 is 0.963 bits per heavy atom. The van der Waals surface area contributed by atoms with E-state index in [1.807, 2.05) is 59.6 Å². The van der Waals surface area contributed by atoms with Crippen molar-refractivity contribution in [2.45, 2.75) is 5.92 Å². The molecule has 4 aromatic rings. The van der Waals surface area contributed by atoms with Gasteiger partial charge in [0.25, 0.3) is 0 Å². The number of nitriles is 1. The number of allylic oxidation sites excluding steroid dienone is 1. The Hall–Kier alpha value is -3.84. The van der Waals surface area contributed by atoms with Crippen molar-refractivity contribution < 1.29 is 4.74 Å². The molecule has 2 aromatic carbocycles. The molecule has 0 bridgehead atoms. The second-order valence-electron chi connectivity index (χ2n) is 6.45. The Morgan fingerprint density at radius 3 is 2.59 bits per heavy atom. The third-order valence-electron chi connectivity index (χ3n) is 4.92. The fourth-order valence-electron chi connectivity index (χ4n) is 3.70. The maximum absolute atomic E-state index is 10.0. The van der Waals surface area contributed by atoms with Crippen LogP contribution in [0.5, 0.6) is 5.75 Å². The van der Waals surface area contributed by atoms with Crippen LogP contribution in [0.15, 0.2) is 91.0 Å². The molecule has 0 radical (unpaired) electrons. The maximum atomic E-state index is 10.0. The molecule has 0 aliphatic carbocycles. The first kappa shape index (κ1) is 15.4. The number of hydrogen-bond donors (Lipinski definition) is 0. The minimum absolute atomic E-state index is 0.227. The molecule has 4 nitrogen and oxygen atoms in total. The topological polar surface area (TPSA) is 50.8 Å². The molecule has 0 spiro atoms. The highest BCUT2D eigenvalue weighted by atomic mass is 16.5. The third kappa shape index (κ3) is 2.41. The molecule has 3 heterocycles. The maximum Gasteiger partial charge on any atom is 0.218 e. The number of nitrogens with zero attached hydrogens (tertiary/aromatic N) is 3. The molecule has 1 aliphatic heterocycles. The van der Waals surface area contributed by atoms with E-state index in [0.717, 1.165) is 27.6 Å². The van der Waals surface area contributed by atoms with E-state index in [9.17, 15) is 5.26 Å². The normalized spacial score (nSPS) is 15.9. The summed E-state index contributed by atoms with van der Waals surface area (Å²) >= 11 is 0. The summed E-state index contributed by atoms with van der Waals surface area (Å²) in [6.07, 6.45) is 7.35. The molecule has 2 aromatic heterocycles. The van der Waals surface area contributed by atoms with E-state index in [-0.39, 0.29) is 5.92 Å². The number of hydrogen-bond acceptors (Lipinski definition) is 3. The molecule has 0 saturated carbocycles. The zero-order chi connectivity index (χ0) is 18.2. The predicted molar refractivity (Wildman–Crippen MR) is 104 cm³/mol. The van der Waals surface area contributed by atoms with Crippen LogP contribution in [-0.2, 0) is 0 Å². The lowest BCUT2D eigenvalue weighted by Gasteiger charge is -2.29. The van der Waals surface area contributed by atoms with E-state index in [2.05, 4.69) is 35.3 Å². The molecule has 1 atom stereocenters. The number of rotatable bonds is 2. The molecule has 0 fully saturated rings. The minimum atomic E-state index is -0.227. The van der Waals surface area contributed by atoms with Gasteiger partial charge in [0.05, 0.1) is 5.92 Å². The third-order valence-corrected chi connectivity index (χ3v) is 4.92. The average Bonchev–Trinajstić information content (AvgIpc) is 3.27. The molecular weight excluding hydrogens is 334 g/mol. The van der Waals surface area contributed by atoms with Crippen LogP contribution < -0.4 is 4.74 Å². The number of pyridine rings is 1. The standard InChI is InChI=1S/C23H15N3O/c24-14-20-21(17-7-5-11-25-15-17)19-10-9-16-6-1-2-8-18(16)22(19)27-23(20)26-12-3-4-13-26/h1-13,15,21H. The van der Waals surface area contributed by atoms with Crippen LogP contribution in [0.1, 0.15) is 17.0 Å². The molecule has 0 saturated heterocycles. The van der Waals surface area contributed by atoms with E-state index >= 15 is 0 Å². The Morgan fingerprint density at radius 2 is 1.81 bits per heavy atom. The highest BCUT2D eigenvalue weighted by Crippen LogP contribution is 2.46. The van der Waals surface area contributed by atoms with Crippen LogP contribution in [-0.4, -0.2) is 9.55 Å². The van der Waals surface area contributed by atoms with Crippen molar-refractivity contribution >= 4 is 16.7 Å². The Kier molecular flexibility index (Phi) is 3.51. The number of ether oxygens (including phenoxy) is 1. The number of benzene rings is 2. The van der Waals surface area contributed by atoms with Gasteiger partial charge < -0.3 is 4.74 Å². The van der Waals surface area contributed by atoms with Crippen molar-refractivity contribution in [1.82, 2.24) is 9.55 Å². The van der Waals surface area contributed by atoms with Gasteiger partial charge in [0.2, 0.25) is 5.88 Å². The highest BCUT2D eigenvalue weighted by molar-refractivity contribution is 5.92. The van der Waals surface area contributed by atoms with Crippen molar-refractivity contribution in [1.29, 1.82) is 5.26 Å². The lowest BCUT2D eigenvalue weighted by atomic mass is 9.83. The van der Waals surface area contributed by atoms with Gasteiger partial charge in [0, 0.05) is 35.7 Å². The van der Waals surface area contributed by atoms with Crippen LogP contribution in [0.25, 0.3) is 16.7 Å². The van der Waals surface area contributed by atoms with Gasteiger partial charge in [0.15, 0.2) is 0 Å². The molecular formula is C23H15N3O. The Labute approximate surface area is 156 Å². The van der Waals surface area contributed by atoms with E-state index in [1.54, 1.807) is 6.20 Å². The molecule has 0 N–H and O–H groups in total. The average molecular weight is 349 g/mol. The fourth-order valence-corrected chi connectivity index (χ4v) is 3.70. The van der Waals surface area contributed by atoms with E-state index < -0.39 is 0 Å². The largest absolute Gasteiger partial charge is 0.438 e. The summed E-state index contributed by atoms with van der Waals surface area (Å²) in [5, 5.41) is 12.1. The van der Waals surface area contributed by atoms with Gasteiger partial charge in [-0.3, -0.25) is 9.55 Å². The predicted octanol–water partition coefficient (Wildman–Crippen LogP) is 4.95. The molecule has 0 amide bonds. The fraction of sp³-hybridized carbons (Fsp3) is 0.0435. The monoisotopic (exact) mass is 349 g/mol. The first-order valence-electron chi connectivity index (χ1n) is 8.74. The quantitative estimate of drug-likeness (QED) is 0.514. The second kappa shape index (κ2) is 6.15. The summed E-state index contributed by atoms with van der Waals surface area (Å²) in [5.74, 6) is 1.11. The van der Waals surface area contributed by atoms with Gasteiger partial charge in [-0.1, -0.05) is 42.5 Å². The van der Waals surface area contributed by atoms with Crippen LogP contribution in [0.4, 0.5) is 0 Å². The summed E-state index contributed by atoms with van der Waals surface area (Å²) in [4.78, 5) is 4.27. The van der Waals surface area contributed by atoms with E-state index in [1.165, 1.54) is 0 Å². The second-order valence-corrected chi connectivity index (χ2v) is 6.45. The van der Waals surface area contributed by atoms with Gasteiger partial charge in [-0.05, 0) is 29.1 Å². The Balaban J connectivity index is 1.84. The van der Waals surface area contributed by atoms with E-state index in [0.29, 0.717) is 11.5 Å². The number of fused-ring (bicyclic) bond motifs is 3. The minimum Gasteiger partial charge on any atom is -0.438 e. The summed E-state index contributed by atoms with van der Waals surface area (Å²) in [5.41, 5.74) is 2.52. The zero-order valence-corrected chi connectivity index (χ0v) is 14.4. The van der Waals surface area contributed by atoms with Crippen LogP contribution in [0.2, 0.25) is 0 Å². The first-order valence-corrected chi connectivity index (χ1v) is 8.74. The van der Waals surface area contributed by atoms with Gasteiger partial charge in [-0.25, -0.2) is 0 Å². The molecule has 5 rings (SSSR count). The summed E-state index contributed by atoms with van der Waals surface area (Å²) in [6, 6.07) is 22.4. The lowest BCUT2D eigenvalue weighted by Crippen LogP contribution is -2.18. The first-order chi connectivity index (χ1) is 13.4. The zero-order valence-electron chi connectivity index (χ0n) is 14.4. The van der Waals surface area contributed by atoms with Crippen LogP contribution in [0, 0.1) is 11.3 Å². The van der Waals surface area contributed by atoms with Crippen LogP contribution >= 0.6 is 0 Å². The molecule has 1 unspecified atom stereocenters. The SMILES string of the molecule is N#CC1=C(n2cccc2)Oc2c(ccc3ccccc23)C1c1cccnc1. The van der Waals surface area contributed by atoms with Gasteiger partial charge in [-0.15, -0.1) is 0 Å². The van der Waals surface area contributed by atoms with Crippen molar-refractivity contribution in [2.24, 2.45) is 0 Å². The van der Waals surface area contributed by atoms with Gasteiger partial charge in [0.1, 0.15) is 17.4 Å². The van der Waals surface area contributed by atoms with Gasteiger partial charge >= 0.3 is 0 Å². The van der Waals surface area contributed by atoms with Crippen molar-refractivity contribution in [3.63, 3.8) is 0 Å². The summed E-state index contributed by atoms with van der Waals surface area (Å²) < 4.78 is 8.20. The van der Waals surface area contributed by atoms with Gasteiger partial charge in [-0.2, -0.15) is 5.26 Å². The summed E-state index contributed by atoms with van der Waals surface area (Å²) in [7, 11) is 0. The van der Waals surface area contributed by atoms with Crippen molar-refractivity contribution in [2.75, 3.05) is 0 Å². The van der Waals surface area contributed by atoms with E-state index in [4.69, 9.17) is 4.74 Å². The smallest absolute Gasteiger partial charge is 0.218 e.